The zero-order chi connectivity index (χ0) is 9.59. The molecule has 0 N–H and O–H groups in total. The van der Waals surface area contributed by atoms with Gasteiger partial charge in [0.15, 0.2) is 0 Å². The first-order valence-electron chi connectivity index (χ1n) is 4.18. The quantitative estimate of drug-likeness (QED) is 0.607. The largest absolute Gasteiger partial charge is 0.338 e. The van der Waals surface area contributed by atoms with Gasteiger partial charge < -0.3 is 4.90 Å². The fourth-order valence-corrected chi connectivity index (χ4v) is 2.13. The lowest BCUT2D eigenvalue weighted by molar-refractivity contribution is 1.07. The molecule has 1 nitrogen and oxygen atoms in total. The molecule has 0 saturated heterocycles. The van der Waals surface area contributed by atoms with Crippen LogP contribution in [0.15, 0.2) is 18.2 Å². The van der Waals surface area contributed by atoms with Crippen LogP contribution in [0.3, 0.4) is 0 Å². The van der Waals surface area contributed by atoms with Crippen LogP contribution < -0.4 is 4.90 Å². The van der Waals surface area contributed by atoms with Crippen molar-refractivity contribution < 1.29 is 0 Å². The highest BCUT2D eigenvalue weighted by Crippen LogP contribution is 2.38. The number of hydrogen-bond acceptors (Lipinski definition) is 1. The summed E-state index contributed by atoms with van der Waals surface area (Å²) in [6, 6.07) is 5.92. The number of likely N-dealkylation sites (N-methyl/N-ethyl adjacent to an activating group) is 1. The molecule has 1 aliphatic rings. The van der Waals surface area contributed by atoms with Crippen molar-refractivity contribution in [3.63, 3.8) is 0 Å². The van der Waals surface area contributed by atoms with Gasteiger partial charge in [0.05, 0.1) is 4.99 Å². The Kier molecular flexibility index (Phi) is 2.05. The van der Waals surface area contributed by atoms with Gasteiger partial charge in [0, 0.05) is 23.7 Å². The van der Waals surface area contributed by atoms with E-state index >= 15 is 0 Å². The molecule has 0 aliphatic carbocycles. The van der Waals surface area contributed by atoms with Gasteiger partial charge in [0.1, 0.15) is 0 Å². The number of thiocarbonyl (C=S) groups is 1. The van der Waals surface area contributed by atoms with E-state index in [1.54, 1.807) is 0 Å². The third kappa shape index (κ3) is 1.25. The van der Waals surface area contributed by atoms with Gasteiger partial charge in [-0.05, 0) is 23.8 Å². The molecule has 1 aromatic carbocycles. The van der Waals surface area contributed by atoms with Gasteiger partial charge in [-0.2, -0.15) is 0 Å². The maximum atomic E-state index is 5.92. The van der Waals surface area contributed by atoms with Crippen molar-refractivity contribution in [3.05, 3.63) is 28.8 Å². The van der Waals surface area contributed by atoms with E-state index < -0.39 is 0 Å². The van der Waals surface area contributed by atoms with Gasteiger partial charge in [-0.1, -0.05) is 30.7 Å². The van der Waals surface area contributed by atoms with E-state index in [9.17, 15) is 0 Å². The number of nitrogens with zero attached hydrogens (tertiary/aromatic N) is 1. The average molecular weight is 212 g/mol. The summed E-state index contributed by atoms with van der Waals surface area (Å²) < 4.78 is 0. The molecule has 2 rings (SSSR count). The van der Waals surface area contributed by atoms with E-state index in [0.29, 0.717) is 5.92 Å². The Morgan fingerprint density at radius 1 is 1.46 bits per heavy atom. The molecule has 1 atom stereocenters. The van der Waals surface area contributed by atoms with E-state index in [4.69, 9.17) is 23.8 Å². The van der Waals surface area contributed by atoms with Gasteiger partial charge >= 0.3 is 0 Å². The van der Waals surface area contributed by atoms with E-state index in [1.165, 1.54) is 11.3 Å². The highest BCUT2D eigenvalue weighted by Gasteiger charge is 2.27. The standard InChI is InChI=1S/C10H10ClNS/c1-6-8-5-7(11)3-4-9(8)12(2)10(6)13/h3-6H,1-2H3. The zero-order valence-electron chi connectivity index (χ0n) is 7.54. The van der Waals surface area contributed by atoms with E-state index in [0.717, 1.165) is 10.0 Å². The molecular weight excluding hydrogens is 202 g/mol. The van der Waals surface area contributed by atoms with Crippen molar-refractivity contribution in [2.75, 3.05) is 11.9 Å². The minimum absolute atomic E-state index is 0.314. The van der Waals surface area contributed by atoms with Crippen LogP contribution in [-0.4, -0.2) is 12.0 Å². The third-order valence-electron chi connectivity index (χ3n) is 2.52. The van der Waals surface area contributed by atoms with Crippen LogP contribution in [0.25, 0.3) is 0 Å². The lowest BCUT2D eigenvalue weighted by atomic mass is 10.0. The van der Waals surface area contributed by atoms with Gasteiger partial charge in [0.25, 0.3) is 0 Å². The van der Waals surface area contributed by atoms with Crippen LogP contribution in [0.1, 0.15) is 18.4 Å². The average Bonchev–Trinajstić information content (AvgIpc) is 2.32. The lowest BCUT2D eigenvalue weighted by Crippen LogP contribution is -2.20. The number of hydrogen-bond donors (Lipinski definition) is 0. The fourth-order valence-electron chi connectivity index (χ4n) is 1.72. The summed E-state index contributed by atoms with van der Waals surface area (Å²) in [6.07, 6.45) is 0. The number of rotatable bonds is 0. The molecule has 0 radical (unpaired) electrons. The Labute approximate surface area is 88.3 Å². The molecule has 0 aromatic heterocycles. The molecule has 1 unspecified atom stereocenters. The van der Waals surface area contributed by atoms with E-state index in [1.807, 2.05) is 30.1 Å². The van der Waals surface area contributed by atoms with Crippen molar-refractivity contribution in [3.8, 4) is 0 Å². The minimum atomic E-state index is 0.314. The molecular formula is C10H10ClNS. The zero-order valence-corrected chi connectivity index (χ0v) is 9.12. The minimum Gasteiger partial charge on any atom is -0.338 e. The number of anilines is 1. The first-order valence-corrected chi connectivity index (χ1v) is 4.97. The maximum absolute atomic E-state index is 5.92. The monoisotopic (exact) mass is 211 g/mol. The van der Waals surface area contributed by atoms with Crippen LogP contribution in [0, 0.1) is 0 Å². The summed E-state index contributed by atoms with van der Waals surface area (Å²) in [7, 11) is 2.00. The Morgan fingerprint density at radius 2 is 2.15 bits per heavy atom. The molecule has 0 amide bonds. The van der Waals surface area contributed by atoms with Gasteiger partial charge in [-0.3, -0.25) is 0 Å². The van der Waals surface area contributed by atoms with Crippen LogP contribution in [0.2, 0.25) is 5.02 Å². The van der Waals surface area contributed by atoms with Crippen LogP contribution >= 0.6 is 23.8 Å². The van der Waals surface area contributed by atoms with Crippen molar-refractivity contribution >= 4 is 34.5 Å². The number of fused-ring (bicyclic) bond motifs is 1. The molecule has 68 valence electrons. The molecule has 3 heteroatoms. The molecule has 0 saturated carbocycles. The summed E-state index contributed by atoms with van der Waals surface area (Å²) in [5.41, 5.74) is 2.42. The Hall–Kier alpha value is -0.600. The van der Waals surface area contributed by atoms with Crippen LogP contribution in [0.5, 0.6) is 0 Å². The molecule has 13 heavy (non-hydrogen) atoms. The predicted octanol–water partition coefficient (Wildman–Crippen LogP) is 3.22. The maximum Gasteiger partial charge on any atom is 0.0894 e. The molecule has 0 bridgehead atoms. The fraction of sp³-hybridized carbons (Fsp3) is 0.300. The van der Waals surface area contributed by atoms with Gasteiger partial charge in [0.2, 0.25) is 0 Å². The summed E-state index contributed by atoms with van der Waals surface area (Å²) in [6.45, 7) is 2.11. The number of halogens is 1. The van der Waals surface area contributed by atoms with Gasteiger partial charge in [-0.25, -0.2) is 0 Å². The smallest absolute Gasteiger partial charge is 0.0894 e. The highest BCUT2D eigenvalue weighted by molar-refractivity contribution is 7.80. The van der Waals surface area contributed by atoms with Crippen LogP contribution in [-0.2, 0) is 0 Å². The SMILES string of the molecule is CC1C(=S)N(C)c2ccc(Cl)cc21. The summed E-state index contributed by atoms with van der Waals surface area (Å²) in [5.74, 6) is 0.314. The highest BCUT2D eigenvalue weighted by atomic mass is 35.5. The first-order chi connectivity index (χ1) is 6.11. The molecule has 0 fully saturated rings. The van der Waals surface area contributed by atoms with Crippen LogP contribution in [0.4, 0.5) is 5.69 Å². The molecule has 1 heterocycles. The molecule has 1 aliphatic heterocycles. The topological polar surface area (TPSA) is 3.24 Å². The number of benzene rings is 1. The second kappa shape index (κ2) is 2.96. The second-order valence-electron chi connectivity index (χ2n) is 3.32. The summed E-state index contributed by atoms with van der Waals surface area (Å²) in [5, 5.41) is 0.781. The third-order valence-corrected chi connectivity index (χ3v) is 3.38. The Morgan fingerprint density at radius 3 is 2.85 bits per heavy atom. The van der Waals surface area contributed by atoms with Crippen molar-refractivity contribution in [2.24, 2.45) is 0 Å². The molecule has 0 spiro atoms. The van der Waals surface area contributed by atoms with Crippen molar-refractivity contribution in [1.29, 1.82) is 0 Å². The Bertz CT molecular complexity index is 375. The predicted molar refractivity (Wildman–Crippen MR) is 60.9 cm³/mol. The normalized spacial score (nSPS) is 20.7. The summed E-state index contributed by atoms with van der Waals surface area (Å²) >= 11 is 11.2. The first kappa shape index (κ1) is 8.97. The Balaban J connectivity index is 2.60. The lowest BCUT2D eigenvalue weighted by Gasteiger charge is -2.12. The van der Waals surface area contributed by atoms with Crippen molar-refractivity contribution in [1.82, 2.24) is 0 Å². The second-order valence-corrected chi connectivity index (χ2v) is 4.18. The van der Waals surface area contributed by atoms with Crippen molar-refractivity contribution in [2.45, 2.75) is 12.8 Å². The molecule has 1 aromatic rings. The van der Waals surface area contributed by atoms with Gasteiger partial charge in [-0.15, -0.1) is 0 Å². The van der Waals surface area contributed by atoms with E-state index in [2.05, 4.69) is 6.92 Å². The summed E-state index contributed by atoms with van der Waals surface area (Å²) in [4.78, 5) is 3.02. The van der Waals surface area contributed by atoms with E-state index in [-0.39, 0.29) is 0 Å².